The highest BCUT2D eigenvalue weighted by molar-refractivity contribution is 9.10. The highest BCUT2D eigenvalue weighted by atomic mass is 79.9. The van der Waals surface area contributed by atoms with Crippen LogP contribution in [0.25, 0.3) is 0 Å². The van der Waals surface area contributed by atoms with Crippen LogP contribution < -0.4 is 10.9 Å². The van der Waals surface area contributed by atoms with Crippen molar-refractivity contribution in [3.63, 3.8) is 0 Å². The fourth-order valence-electron chi connectivity index (χ4n) is 0.785. The molecule has 1 heterocycles. The van der Waals surface area contributed by atoms with Crippen molar-refractivity contribution >= 4 is 21.7 Å². The molecule has 1 aromatic rings. The van der Waals surface area contributed by atoms with E-state index in [9.17, 15) is 4.79 Å². The van der Waals surface area contributed by atoms with Crippen LogP contribution in [0.4, 0.5) is 5.82 Å². The minimum atomic E-state index is -0.872. The highest BCUT2D eigenvalue weighted by Gasteiger charge is 2.06. The molecule has 0 aliphatic heterocycles. The van der Waals surface area contributed by atoms with E-state index in [4.69, 9.17) is 10.2 Å². The Kier molecular flexibility index (Phi) is 4.05. The molecule has 1 rings (SSSR count). The van der Waals surface area contributed by atoms with Crippen molar-refractivity contribution in [2.24, 2.45) is 0 Å². The van der Waals surface area contributed by atoms with Gasteiger partial charge in [-0.3, -0.25) is 4.79 Å². The van der Waals surface area contributed by atoms with Gasteiger partial charge >= 0.3 is 0 Å². The molecule has 0 radical (unpaired) electrons. The van der Waals surface area contributed by atoms with Gasteiger partial charge in [0.15, 0.2) is 0 Å². The minimum absolute atomic E-state index is 0.131. The number of H-pyrrole nitrogens is 1. The first-order valence-electron chi connectivity index (χ1n) is 3.91. The van der Waals surface area contributed by atoms with Crippen molar-refractivity contribution in [1.29, 1.82) is 0 Å². The molecule has 4 N–H and O–H groups in total. The van der Waals surface area contributed by atoms with Gasteiger partial charge in [-0.05, 0) is 15.9 Å². The van der Waals surface area contributed by atoms with Crippen LogP contribution in [0.2, 0.25) is 0 Å². The van der Waals surface area contributed by atoms with Gasteiger partial charge in [0.05, 0.1) is 19.0 Å². The molecule has 0 spiro atoms. The second-order valence-electron chi connectivity index (χ2n) is 2.61. The topological polar surface area (TPSA) is 98.2 Å². The lowest BCUT2D eigenvalue weighted by Gasteiger charge is -2.09. The Labute approximate surface area is 88.1 Å². The summed E-state index contributed by atoms with van der Waals surface area (Å²) < 4.78 is 0.269. The molecule has 0 aliphatic rings. The molecule has 1 atom stereocenters. The van der Waals surface area contributed by atoms with Crippen LogP contribution in [-0.4, -0.2) is 39.4 Å². The number of anilines is 1. The second-order valence-corrected chi connectivity index (χ2v) is 3.40. The van der Waals surface area contributed by atoms with Crippen molar-refractivity contribution in [1.82, 2.24) is 9.97 Å². The number of halogens is 1. The summed E-state index contributed by atoms with van der Waals surface area (Å²) in [5.74, 6) is 0.334. The summed E-state index contributed by atoms with van der Waals surface area (Å²) in [4.78, 5) is 17.3. The first-order valence-corrected chi connectivity index (χ1v) is 4.70. The Balaban J connectivity index is 2.68. The van der Waals surface area contributed by atoms with Gasteiger partial charge in [-0.15, -0.1) is 0 Å². The summed E-state index contributed by atoms with van der Waals surface area (Å²) in [6.45, 7) is -0.209. The molecule has 14 heavy (non-hydrogen) atoms. The first kappa shape index (κ1) is 11.2. The summed E-state index contributed by atoms with van der Waals surface area (Å²) in [5, 5.41) is 20.3. The average Bonchev–Trinajstić information content (AvgIpc) is 2.20. The van der Waals surface area contributed by atoms with Crippen LogP contribution in [0.15, 0.2) is 15.6 Å². The molecule has 0 saturated heterocycles. The van der Waals surface area contributed by atoms with Gasteiger partial charge < -0.3 is 20.5 Å². The zero-order chi connectivity index (χ0) is 10.6. The molecule has 6 nitrogen and oxygen atoms in total. The average molecular weight is 264 g/mol. The van der Waals surface area contributed by atoms with Gasteiger partial charge in [0.25, 0.3) is 5.56 Å². The van der Waals surface area contributed by atoms with Crippen molar-refractivity contribution < 1.29 is 10.2 Å². The van der Waals surface area contributed by atoms with Gasteiger partial charge in [0.1, 0.15) is 10.3 Å². The Morgan fingerprint density at radius 2 is 2.43 bits per heavy atom. The van der Waals surface area contributed by atoms with Gasteiger partial charge in [-0.1, -0.05) is 0 Å². The number of rotatable bonds is 4. The quantitative estimate of drug-likeness (QED) is 0.576. The van der Waals surface area contributed by atoms with E-state index in [1.54, 1.807) is 0 Å². The number of aromatic amines is 1. The highest BCUT2D eigenvalue weighted by Crippen LogP contribution is 2.12. The van der Waals surface area contributed by atoms with Gasteiger partial charge in [0.2, 0.25) is 0 Å². The lowest BCUT2D eigenvalue weighted by Crippen LogP contribution is -2.24. The lowest BCUT2D eigenvalue weighted by atomic mass is 10.4. The first-order chi connectivity index (χ1) is 6.65. The van der Waals surface area contributed by atoms with E-state index in [0.717, 1.165) is 0 Å². The van der Waals surface area contributed by atoms with Crippen molar-refractivity contribution in [3.8, 4) is 0 Å². The molecule has 0 aliphatic carbocycles. The zero-order valence-corrected chi connectivity index (χ0v) is 8.78. The maximum atomic E-state index is 11.1. The van der Waals surface area contributed by atoms with Gasteiger partial charge in [-0.2, -0.15) is 0 Å². The molecule has 1 aromatic heterocycles. The normalized spacial score (nSPS) is 12.5. The molecule has 78 valence electrons. The molecule has 7 heteroatoms. The lowest BCUT2D eigenvalue weighted by molar-refractivity contribution is 0.105. The van der Waals surface area contributed by atoms with E-state index in [1.165, 1.54) is 6.33 Å². The summed E-state index contributed by atoms with van der Waals surface area (Å²) in [6, 6.07) is 0. The molecular formula is C7H10BrN3O3. The monoisotopic (exact) mass is 263 g/mol. The largest absolute Gasteiger partial charge is 0.394 e. The Bertz CT molecular complexity index is 354. The standard InChI is InChI=1S/C7H10BrN3O3/c8-5-6(9-1-4(13)2-12)10-3-11-7(5)14/h3-4,12-13H,1-2H2,(H2,9,10,11,14). The number of hydrogen-bond acceptors (Lipinski definition) is 5. The van der Waals surface area contributed by atoms with E-state index in [-0.39, 0.29) is 23.2 Å². The maximum Gasteiger partial charge on any atom is 0.267 e. The number of nitrogens with one attached hydrogen (secondary N) is 2. The van der Waals surface area contributed by atoms with Crippen LogP contribution in [0.1, 0.15) is 0 Å². The fraction of sp³-hybridized carbons (Fsp3) is 0.429. The Morgan fingerprint density at radius 1 is 1.71 bits per heavy atom. The predicted octanol–water partition coefficient (Wildman–Crippen LogP) is -0.703. The fourth-order valence-corrected chi connectivity index (χ4v) is 1.14. The van der Waals surface area contributed by atoms with Crippen molar-refractivity contribution in [2.75, 3.05) is 18.5 Å². The molecule has 0 aromatic carbocycles. The third-order valence-electron chi connectivity index (χ3n) is 1.51. The number of hydrogen-bond donors (Lipinski definition) is 4. The van der Waals surface area contributed by atoms with Gasteiger partial charge in [-0.25, -0.2) is 4.98 Å². The van der Waals surface area contributed by atoms with E-state index in [2.05, 4.69) is 31.2 Å². The molecule has 0 fully saturated rings. The molecular weight excluding hydrogens is 254 g/mol. The predicted molar refractivity (Wildman–Crippen MR) is 54.1 cm³/mol. The van der Waals surface area contributed by atoms with Crippen LogP contribution >= 0.6 is 15.9 Å². The minimum Gasteiger partial charge on any atom is -0.394 e. The molecule has 0 saturated carbocycles. The molecule has 0 bridgehead atoms. The summed E-state index contributed by atoms with van der Waals surface area (Å²) >= 11 is 3.04. The molecule has 1 unspecified atom stereocenters. The third kappa shape index (κ3) is 2.79. The number of aliphatic hydroxyl groups is 2. The van der Waals surface area contributed by atoms with Gasteiger partial charge in [0, 0.05) is 6.54 Å². The summed E-state index contributed by atoms with van der Waals surface area (Å²) in [6.07, 6.45) is 0.379. The third-order valence-corrected chi connectivity index (χ3v) is 2.25. The Hall–Kier alpha value is -0.920. The summed E-state index contributed by atoms with van der Waals surface area (Å²) in [7, 11) is 0. The van der Waals surface area contributed by atoms with E-state index in [1.807, 2.05) is 0 Å². The number of aromatic nitrogens is 2. The van der Waals surface area contributed by atoms with Crippen LogP contribution in [0.5, 0.6) is 0 Å². The zero-order valence-electron chi connectivity index (χ0n) is 7.20. The SMILES string of the molecule is O=c1[nH]cnc(NCC(O)CO)c1Br. The maximum absolute atomic E-state index is 11.1. The number of nitrogens with zero attached hydrogens (tertiary/aromatic N) is 1. The summed E-state index contributed by atoms with van der Waals surface area (Å²) in [5.41, 5.74) is -0.305. The Morgan fingerprint density at radius 3 is 3.07 bits per heavy atom. The second kappa shape index (κ2) is 5.08. The van der Waals surface area contributed by atoms with E-state index >= 15 is 0 Å². The van der Waals surface area contributed by atoms with Crippen LogP contribution in [0.3, 0.4) is 0 Å². The van der Waals surface area contributed by atoms with Crippen molar-refractivity contribution in [3.05, 3.63) is 21.2 Å². The van der Waals surface area contributed by atoms with Crippen LogP contribution in [0, 0.1) is 0 Å². The smallest absolute Gasteiger partial charge is 0.267 e. The van der Waals surface area contributed by atoms with Crippen molar-refractivity contribution in [2.45, 2.75) is 6.10 Å². The van der Waals surface area contributed by atoms with Crippen LogP contribution in [-0.2, 0) is 0 Å². The number of aliphatic hydroxyl groups excluding tert-OH is 2. The van der Waals surface area contributed by atoms with E-state index in [0.29, 0.717) is 5.82 Å². The van der Waals surface area contributed by atoms with E-state index < -0.39 is 6.10 Å². The molecule has 0 amide bonds.